The maximum atomic E-state index is 6.64. The standard InChI is InChI=1S/C40H29N3/c41-40(30-12-2-1-3-13-30)34-16-8-9-17-35(34)42-26-27-18-22-31(23-19-27)43-36-24-20-28-10-4-6-14-32(28)38(36)39-33-15-7-5-11-29(33)21-25-37(39)43/h1-26,40H,41H2. The average molecular weight is 552 g/mol. The molecule has 43 heavy (non-hydrogen) atoms. The summed E-state index contributed by atoms with van der Waals surface area (Å²) >= 11 is 0. The van der Waals surface area contributed by atoms with Crippen LogP contribution in [0.1, 0.15) is 22.7 Å². The zero-order valence-corrected chi connectivity index (χ0v) is 23.6. The average Bonchev–Trinajstić information content (AvgIpc) is 3.43. The first-order valence-corrected chi connectivity index (χ1v) is 14.6. The van der Waals surface area contributed by atoms with Gasteiger partial charge in [0.05, 0.1) is 22.8 Å². The van der Waals surface area contributed by atoms with Crippen molar-refractivity contribution in [1.82, 2.24) is 4.57 Å². The molecule has 0 aliphatic rings. The van der Waals surface area contributed by atoms with Crippen molar-refractivity contribution in [2.75, 3.05) is 0 Å². The number of nitrogens with two attached hydrogens (primary N) is 1. The highest BCUT2D eigenvalue weighted by Crippen LogP contribution is 2.40. The van der Waals surface area contributed by atoms with Gasteiger partial charge in [0, 0.05) is 22.7 Å². The lowest BCUT2D eigenvalue weighted by molar-refractivity contribution is 0.872. The minimum atomic E-state index is -0.237. The molecule has 0 aliphatic carbocycles. The molecule has 8 aromatic rings. The number of hydrogen-bond donors (Lipinski definition) is 1. The van der Waals surface area contributed by atoms with Crippen molar-refractivity contribution in [3.63, 3.8) is 0 Å². The van der Waals surface area contributed by atoms with Crippen molar-refractivity contribution in [2.24, 2.45) is 10.7 Å². The summed E-state index contributed by atoms with van der Waals surface area (Å²) in [4.78, 5) is 4.87. The first-order valence-electron chi connectivity index (χ1n) is 14.6. The van der Waals surface area contributed by atoms with Crippen LogP contribution < -0.4 is 5.73 Å². The van der Waals surface area contributed by atoms with Gasteiger partial charge in [-0.15, -0.1) is 0 Å². The number of rotatable bonds is 5. The van der Waals surface area contributed by atoms with Crippen LogP contribution in [0.3, 0.4) is 0 Å². The summed E-state index contributed by atoms with van der Waals surface area (Å²) in [6.45, 7) is 0. The highest BCUT2D eigenvalue weighted by atomic mass is 15.0. The molecule has 0 spiro atoms. The fourth-order valence-corrected chi connectivity index (χ4v) is 6.39. The van der Waals surface area contributed by atoms with E-state index in [2.05, 4.69) is 120 Å². The van der Waals surface area contributed by atoms with E-state index in [-0.39, 0.29) is 6.04 Å². The maximum absolute atomic E-state index is 6.64. The molecule has 0 aliphatic heterocycles. The van der Waals surface area contributed by atoms with Crippen molar-refractivity contribution in [2.45, 2.75) is 6.04 Å². The van der Waals surface area contributed by atoms with E-state index in [1.54, 1.807) is 0 Å². The third-order valence-corrected chi connectivity index (χ3v) is 8.48. The summed E-state index contributed by atoms with van der Waals surface area (Å²) in [6, 6.07) is 53.0. The number of benzene rings is 7. The predicted octanol–water partition coefficient (Wildman–Crippen LogP) is 9.89. The van der Waals surface area contributed by atoms with Gasteiger partial charge in [-0.05, 0) is 68.6 Å². The minimum Gasteiger partial charge on any atom is -0.320 e. The third kappa shape index (κ3) is 4.30. The summed E-state index contributed by atoms with van der Waals surface area (Å²) < 4.78 is 2.39. The van der Waals surface area contributed by atoms with Crippen molar-refractivity contribution in [3.8, 4) is 5.69 Å². The molecule has 7 aromatic carbocycles. The van der Waals surface area contributed by atoms with E-state index in [1.807, 2.05) is 42.6 Å². The Hall–Kier alpha value is -5.51. The van der Waals surface area contributed by atoms with Crippen molar-refractivity contribution >= 4 is 55.3 Å². The number of aliphatic imine (C=N–C) groups is 1. The van der Waals surface area contributed by atoms with Crippen LogP contribution in [0.5, 0.6) is 0 Å². The third-order valence-electron chi connectivity index (χ3n) is 8.48. The fraction of sp³-hybridized carbons (Fsp3) is 0.0250. The van der Waals surface area contributed by atoms with Crippen LogP contribution in [-0.4, -0.2) is 10.8 Å². The van der Waals surface area contributed by atoms with Gasteiger partial charge < -0.3 is 10.3 Å². The zero-order chi connectivity index (χ0) is 28.8. The van der Waals surface area contributed by atoms with Gasteiger partial charge in [-0.2, -0.15) is 0 Å². The van der Waals surface area contributed by atoms with Crippen molar-refractivity contribution in [1.29, 1.82) is 0 Å². The van der Waals surface area contributed by atoms with Crippen LogP contribution in [0, 0.1) is 0 Å². The quantitative estimate of drug-likeness (QED) is 0.213. The van der Waals surface area contributed by atoms with Crippen molar-refractivity contribution in [3.05, 3.63) is 168 Å². The molecule has 1 heterocycles. The lowest BCUT2D eigenvalue weighted by Gasteiger charge is -2.14. The molecular formula is C40H29N3. The van der Waals surface area contributed by atoms with Crippen molar-refractivity contribution < 1.29 is 0 Å². The highest BCUT2D eigenvalue weighted by molar-refractivity contribution is 6.28. The molecule has 0 fully saturated rings. The summed E-state index contributed by atoms with van der Waals surface area (Å²) in [6.07, 6.45) is 1.92. The molecule has 3 nitrogen and oxygen atoms in total. The Kier molecular flexibility index (Phi) is 6.10. The van der Waals surface area contributed by atoms with Gasteiger partial charge in [-0.3, -0.25) is 4.99 Å². The SMILES string of the molecule is NC(c1ccccc1)c1ccccc1N=Cc1ccc(-n2c3ccc4ccccc4c3c3c4ccccc4ccc32)cc1. The Morgan fingerprint density at radius 2 is 1.09 bits per heavy atom. The topological polar surface area (TPSA) is 43.3 Å². The predicted molar refractivity (Wildman–Crippen MR) is 182 cm³/mol. The van der Waals surface area contributed by atoms with E-state index in [4.69, 9.17) is 10.7 Å². The fourth-order valence-electron chi connectivity index (χ4n) is 6.39. The van der Waals surface area contributed by atoms with Crippen LogP contribution in [0.15, 0.2) is 157 Å². The highest BCUT2D eigenvalue weighted by Gasteiger charge is 2.17. The molecule has 0 saturated heterocycles. The van der Waals surface area contributed by atoms with E-state index in [0.29, 0.717) is 0 Å². The Bertz CT molecular complexity index is 2200. The van der Waals surface area contributed by atoms with Crippen LogP contribution in [0.4, 0.5) is 5.69 Å². The lowest BCUT2D eigenvalue weighted by Crippen LogP contribution is -2.11. The second-order valence-corrected chi connectivity index (χ2v) is 11.0. The second-order valence-electron chi connectivity index (χ2n) is 11.0. The number of para-hydroxylation sites is 1. The molecule has 0 amide bonds. The van der Waals surface area contributed by atoms with E-state index in [1.165, 1.54) is 43.4 Å². The monoisotopic (exact) mass is 551 g/mol. The Balaban J connectivity index is 1.22. The number of nitrogens with zero attached hydrogens (tertiary/aromatic N) is 2. The number of hydrogen-bond acceptors (Lipinski definition) is 2. The molecule has 0 radical (unpaired) electrons. The van der Waals surface area contributed by atoms with Gasteiger partial charge >= 0.3 is 0 Å². The zero-order valence-electron chi connectivity index (χ0n) is 23.6. The van der Waals surface area contributed by atoms with Gasteiger partial charge in [0.1, 0.15) is 0 Å². The Labute approximate surface area is 250 Å². The molecule has 204 valence electrons. The van der Waals surface area contributed by atoms with Gasteiger partial charge in [0.15, 0.2) is 0 Å². The molecule has 1 aromatic heterocycles. The summed E-state index contributed by atoms with van der Waals surface area (Å²) in [7, 11) is 0. The molecule has 0 bridgehead atoms. The minimum absolute atomic E-state index is 0.237. The van der Waals surface area contributed by atoms with Crippen LogP contribution >= 0.6 is 0 Å². The van der Waals surface area contributed by atoms with Gasteiger partial charge in [-0.1, -0.05) is 121 Å². The number of aromatic nitrogens is 1. The lowest BCUT2D eigenvalue weighted by atomic mass is 9.98. The molecular weight excluding hydrogens is 522 g/mol. The Morgan fingerprint density at radius 3 is 1.74 bits per heavy atom. The van der Waals surface area contributed by atoms with Gasteiger partial charge in [-0.25, -0.2) is 0 Å². The van der Waals surface area contributed by atoms with Crippen LogP contribution in [0.25, 0.3) is 49.0 Å². The normalized spacial score (nSPS) is 12.6. The van der Waals surface area contributed by atoms with E-state index in [0.717, 1.165) is 28.1 Å². The van der Waals surface area contributed by atoms with Gasteiger partial charge in [0.25, 0.3) is 0 Å². The van der Waals surface area contributed by atoms with E-state index in [9.17, 15) is 0 Å². The van der Waals surface area contributed by atoms with Crippen LogP contribution in [0.2, 0.25) is 0 Å². The number of fused-ring (bicyclic) bond motifs is 7. The molecule has 1 atom stereocenters. The van der Waals surface area contributed by atoms with E-state index >= 15 is 0 Å². The maximum Gasteiger partial charge on any atom is 0.0681 e. The summed E-state index contributed by atoms with van der Waals surface area (Å²) in [5.41, 5.74) is 14.2. The molecule has 3 heteroatoms. The van der Waals surface area contributed by atoms with Crippen LogP contribution in [-0.2, 0) is 0 Å². The molecule has 8 rings (SSSR count). The second kappa shape index (κ2) is 10.4. The molecule has 2 N–H and O–H groups in total. The molecule has 0 saturated carbocycles. The van der Waals surface area contributed by atoms with E-state index < -0.39 is 0 Å². The smallest absolute Gasteiger partial charge is 0.0681 e. The summed E-state index contributed by atoms with van der Waals surface area (Å²) in [5.74, 6) is 0. The first kappa shape index (κ1) is 25.2. The Morgan fingerprint density at radius 1 is 0.535 bits per heavy atom. The first-order chi connectivity index (χ1) is 21.3. The largest absolute Gasteiger partial charge is 0.320 e. The summed E-state index contributed by atoms with van der Waals surface area (Å²) in [5, 5.41) is 7.64. The molecule has 1 unspecified atom stereocenters. The van der Waals surface area contributed by atoms with Gasteiger partial charge in [0.2, 0.25) is 0 Å².